The molecule has 2 aliphatic rings. The summed E-state index contributed by atoms with van der Waals surface area (Å²) in [4.78, 5) is 0. The summed E-state index contributed by atoms with van der Waals surface area (Å²) in [5.41, 5.74) is 1.97. The minimum Gasteiger partial charge on any atom is -0.0746 e. The largest absolute Gasteiger partial charge is 0.0746 e. The van der Waals surface area contributed by atoms with E-state index in [1.807, 2.05) is 0 Å². The SMILES string of the molecule is CCCC1CCC([C@]2(CC)CC[C@@H]([SiH2]C)CC2)CC1. The van der Waals surface area contributed by atoms with Crippen LogP contribution >= 0.6 is 0 Å². The van der Waals surface area contributed by atoms with E-state index < -0.39 is 0 Å². The fraction of sp³-hybridized carbons (Fsp3) is 1.00. The summed E-state index contributed by atoms with van der Waals surface area (Å²) in [7, 11) is 0.268. The number of hydrogen-bond acceptors (Lipinski definition) is 0. The molecule has 0 spiro atoms. The molecule has 2 aliphatic carbocycles. The van der Waals surface area contributed by atoms with Crippen molar-refractivity contribution in [1.82, 2.24) is 0 Å². The standard InChI is InChI=1S/C18H36Si/c1-4-6-15-7-9-16(10-8-15)18(5-2)13-11-17(19-3)12-14-18/h15-17H,4-14,19H2,1-3H3/t15?,16?,17-,18-. The van der Waals surface area contributed by atoms with Gasteiger partial charge in [-0.2, -0.15) is 0 Å². The summed E-state index contributed by atoms with van der Waals surface area (Å²) in [5, 5.41) is 0. The molecule has 0 saturated heterocycles. The van der Waals surface area contributed by atoms with E-state index in [-0.39, 0.29) is 9.52 Å². The van der Waals surface area contributed by atoms with E-state index in [9.17, 15) is 0 Å². The second-order valence-electron chi connectivity index (χ2n) is 7.57. The fourth-order valence-corrected chi connectivity index (χ4v) is 6.41. The highest BCUT2D eigenvalue weighted by molar-refractivity contribution is 6.35. The average Bonchev–Trinajstić information content (AvgIpc) is 2.48. The summed E-state index contributed by atoms with van der Waals surface area (Å²) in [6.45, 7) is 7.37. The van der Waals surface area contributed by atoms with Crippen LogP contribution < -0.4 is 0 Å². The molecule has 0 heterocycles. The number of rotatable bonds is 5. The van der Waals surface area contributed by atoms with Gasteiger partial charge in [0.1, 0.15) is 0 Å². The Labute approximate surface area is 124 Å². The van der Waals surface area contributed by atoms with Crippen LogP contribution in [0.25, 0.3) is 0 Å². The maximum Gasteiger partial charge on any atom is 0.0201 e. The highest BCUT2D eigenvalue weighted by atomic mass is 28.2. The molecule has 0 aromatic carbocycles. The third kappa shape index (κ3) is 3.65. The normalized spacial score (nSPS) is 40.9. The van der Waals surface area contributed by atoms with Crippen molar-refractivity contribution < 1.29 is 0 Å². The van der Waals surface area contributed by atoms with Gasteiger partial charge in [-0.05, 0) is 42.9 Å². The van der Waals surface area contributed by atoms with Crippen LogP contribution in [0.15, 0.2) is 0 Å². The van der Waals surface area contributed by atoms with Crippen molar-refractivity contribution in [2.45, 2.75) is 96.6 Å². The predicted molar refractivity (Wildman–Crippen MR) is 89.7 cm³/mol. The van der Waals surface area contributed by atoms with Crippen LogP contribution in [-0.2, 0) is 0 Å². The molecule has 19 heavy (non-hydrogen) atoms. The lowest BCUT2D eigenvalue weighted by Gasteiger charge is -2.48. The van der Waals surface area contributed by atoms with Crippen LogP contribution in [0.2, 0.25) is 12.1 Å². The zero-order valence-electron chi connectivity index (χ0n) is 13.7. The summed E-state index contributed by atoms with van der Waals surface area (Å²) < 4.78 is 0. The van der Waals surface area contributed by atoms with Gasteiger partial charge >= 0.3 is 0 Å². The molecule has 0 amide bonds. The molecule has 0 aromatic rings. The minimum absolute atomic E-state index is 0.268. The zero-order valence-corrected chi connectivity index (χ0v) is 15.1. The molecule has 0 radical (unpaired) electrons. The molecule has 1 heteroatoms. The van der Waals surface area contributed by atoms with E-state index >= 15 is 0 Å². The molecule has 2 rings (SSSR count). The van der Waals surface area contributed by atoms with Gasteiger partial charge < -0.3 is 0 Å². The van der Waals surface area contributed by atoms with Crippen molar-refractivity contribution in [2.75, 3.05) is 0 Å². The second-order valence-corrected chi connectivity index (χ2v) is 9.55. The van der Waals surface area contributed by atoms with Crippen molar-refractivity contribution in [1.29, 1.82) is 0 Å². The van der Waals surface area contributed by atoms with Gasteiger partial charge in [0.15, 0.2) is 0 Å². The molecule has 0 aliphatic heterocycles. The number of hydrogen-bond donors (Lipinski definition) is 0. The molecular formula is C18H36Si. The first-order valence-corrected chi connectivity index (χ1v) is 11.5. The summed E-state index contributed by atoms with van der Waals surface area (Å²) >= 11 is 0. The van der Waals surface area contributed by atoms with E-state index in [0.717, 1.165) is 17.3 Å². The van der Waals surface area contributed by atoms with Crippen molar-refractivity contribution in [2.24, 2.45) is 17.3 Å². The lowest BCUT2D eigenvalue weighted by Crippen LogP contribution is -2.36. The summed E-state index contributed by atoms with van der Waals surface area (Å²) in [6.07, 6.45) is 16.9. The van der Waals surface area contributed by atoms with Gasteiger partial charge in [-0.1, -0.05) is 70.9 Å². The monoisotopic (exact) mass is 280 g/mol. The zero-order chi connectivity index (χ0) is 13.7. The smallest absolute Gasteiger partial charge is 0.0201 e. The van der Waals surface area contributed by atoms with Crippen LogP contribution in [0, 0.1) is 17.3 Å². The molecule has 0 nitrogen and oxygen atoms in total. The van der Waals surface area contributed by atoms with E-state index in [0.29, 0.717) is 0 Å². The van der Waals surface area contributed by atoms with Crippen molar-refractivity contribution in [3.05, 3.63) is 0 Å². The van der Waals surface area contributed by atoms with E-state index in [1.54, 1.807) is 51.4 Å². The molecule has 0 bridgehead atoms. The van der Waals surface area contributed by atoms with Crippen LogP contribution in [0.3, 0.4) is 0 Å². The first kappa shape index (κ1) is 15.6. The maximum atomic E-state index is 2.53. The summed E-state index contributed by atoms with van der Waals surface area (Å²) in [5.74, 6) is 2.17. The predicted octanol–water partition coefficient (Wildman–Crippen LogP) is 5.57. The van der Waals surface area contributed by atoms with Gasteiger partial charge in [-0.15, -0.1) is 0 Å². The Bertz CT molecular complexity index is 244. The Morgan fingerprint density at radius 1 is 0.947 bits per heavy atom. The molecule has 2 saturated carbocycles. The molecule has 0 unspecified atom stereocenters. The molecule has 112 valence electrons. The first-order valence-electron chi connectivity index (χ1n) is 9.24. The summed E-state index contributed by atoms with van der Waals surface area (Å²) in [6, 6.07) is 0. The Morgan fingerprint density at radius 2 is 1.58 bits per heavy atom. The van der Waals surface area contributed by atoms with Crippen molar-refractivity contribution in [3.8, 4) is 0 Å². The lowest BCUT2D eigenvalue weighted by molar-refractivity contribution is 0.0499. The van der Waals surface area contributed by atoms with Gasteiger partial charge in [0.2, 0.25) is 0 Å². The Morgan fingerprint density at radius 3 is 2.05 bits per heavy atom. The van der Waals surface area contributed by atoms with Gasteiger partial charge in [-0.25, -0.2) is 0 Å². The highest BCUT2D eigenvalue weighted by Gasteiger charge is 2.41. The van der Waals surface area contributed by atoms with Crippen molar-refractivity contribution in [3.63, 3.8) is 0 Å². The fourth-order valence-electron chi connectivity index (χ4n) is 5.18. The highest BCUT2D eigenvalue weighted by Crippen LogP contribution is 2.53. The molecule has 0 atom stereocenters. The third-order valence-corrected chi connectivity index (χ3v) is 8.76. The molecule has 0 aromatic heterocycles. The van der Waals surface area contributed by atoms with Crippen LogP contribution in [0.1, 0.15) is 84.5 Å². The minimum atomic E-state index is 0.268. The second kappa shape index (κ2) is 7.29. The Balaban J connectivity index is 1.88. The van der Waals surface area contributed by atoms with Gasteiger partial charge in [0.05, 0.1) is 0 Å². The van der Waals surface area contributed by atoms with E-state index in [2.05, 4.69) is 20.4 Å². The van der Waals surface area contributed by atoms with Gasteiger partial charge in [0.25, 0.3) is 0 Å². The third-order valence-electron chi connectivity index (χ3n) is 6.79. The maximum absolute atomic E-state index is 2.53. The molecular weight excluding hydrogens is 244 g/mol. The van der Waals surface area contributed by atoms with Gasteiger partial charge in [-0.3, -0.25) is 0 Å². The topological polar surface area (TPSA) is 0 Å². The molecule has 2 fully saturated rings. The van der Waals surface area contributed by atoms with Crippen LogP contribution in [-0.4, -0.2) is 9.52 Å². The quantitative estimate of drug-likeness (QED) is 0.578. The Hall–Kier alpha value is 0.217. The van der Waals surface area contributed by atoms with Gasteiger partial charge in [0, 0.05) is 9.52 Å². The van der Waals surface area contributed by atoms with Crippen LogP contribution in [0.4, 0.5) is 0 Å². The van der Waals surface area contributed by atoms with E-state index in [4.69, 9.17) is 0 Å². The van der Waals surface area contributed by atoms with Crippen molar-refractivity contribution >= 4 is 9.52 Å². The van der Waals surface area contributed by atoms with Crippen LogP contribution in [0.5, 0.6) is 0 Å². The first-order chi connectivity index (χ1) is 9.24. The Kier molecular flexibility index (Phi) is 5.99. The molecule has 0 N–H and O–H groups in total. The average molecular weight is 281 g/mol. The lowest BCUT2D eigenvalue weighted by atomic mass is 9.59. The van der Waals surface area contributed by atoms with E-state index in [1.165, 1.54) is 24.8 Å².